The molecular formula is C17H27NO3. The first kappa shape index (κ1) is 16.3. The molecule has 1 aliphatic heterocycles. The molecule has 1 fully saturated rings. The zero-order chi connectivity index (χ0) is 15.1. The second-order valence-electron chi connectivity index (χ2n) is 6.45. The molecule has 2 rings (SSSR count). The van der Waals surface area contributed by atoms with Crippen LogP contribution in [0, 0.1) is 0 Å². The summed E-state index contributed by atoms with van der Waals surface area (Å²) in [6.45, 7) is 10.1. The Morgan fingerprint density at radius 1 is 1.19 bits per heavy atom. The van der Waals surface area contributed by atoms with E-state index < -0.39 is 0 Å². The van der Waals surface area contributed by atoms with E-state index >= 15 is 0 Å². The van der Waals surface area contributed by atoms with Crippen LogP contribution in [0.4, 0.5) is 0 Å². The Hall–Kier alpha value is -1.10. The largest absolute Gasteiger partial charge is 0.491 e. The first-order valence-electron chi connectivity index (χ1n) is 7.69. The van der Waals surface area contributed by atoms with E-state index in [-0.39, 0.29) is 11.6 Å². The topological polar surface area (TPSA) is 39.7 Å². The van der Waals surface area contributed by atoms with Crippen LogP contribution in [0.1, 0.15) is 32.8 Å². The molecule has 4 nitrogen and oxygen atoms in total. The molecule has 1 aromatic rings. The number of nitrogens with one attached hydrogen (secondary N) is 1. The molecule has 1 N–H and O–H groups in total. The molecule has 1 aromatic carbocycles. The molecule has 0 spiro atoms. The second kappa shape index (κ2) is 7.78. The molecule has 4 heteroatoms. The van der Waals surface area contributed by atoms with Crippen molar-refractivity contribution in [3.05, 3.63) is 29.8 Å². The lowest BCUT2D eigenvalue weighted by Crippen LogP contribution is -2.35. The van der Waals surface area contributed by atoms with E-state index in [1.807, 2.05) is 12.1 Å². The molecule has 1 heterocycles. The van der Waals surface area contributed by atoms with Crippen molar-refractivity contribution in [3.63, 3.8) is 0 Å². The monoisotopic (exact) mass is 293 g/mol. The van der Waals surface area contributed by atoms with Gasteiger partial charge in [0.1, 0.15) is 12.4 Å². The summed E-state index contributed by atoms with van der Waals surface area (Å²) in [5.41, 5.74) is 1.40. The van der Waals surface area contributed by atoms with Crippen LogP contribution in [0.3, 0.4) is 0 Å². The fraction of sp³-hybridized carbons (Fsp3) is 0.647. The van der Waals surface area contributed by atoms with Gasteiger partial charge < -0.3 is 19.5 Å². The van der Waals surface area contributed by atoms with Gasteiger partial charge in [-0.25, -0.2) is 0 Å². The van der Waals surface area contributed by atoms with Crippen LogP contribution in [-0.2, 0) is 16.0 Å². The zero-order valence-electron chi connectivity index (χ0n) is 13.4. The van der Waals surface area contributed by atoms with Gasteiger partial charge in [-0.05, 0) is 44.9 Å². The van der Waals surface area contributed by atoms with Crippen molar-refractivity contribution in [2.24, 2.45) is 0 Å². The summed E-state index contributed by atoms with van der Waals surface area (Å²) in [5.74, 6) is 0.890. The van der Waals surface area contributed by atoms with Gasteiger partial charge >= 0.3 is 0 Å². The Morgan fingerprint density at radius 3 is 2.57 bits per heavy atom. The third kappa shape index (κ3) is 6.46. The highest BCUT2D eigenvalue weighted by Gasteiger charge is 2.15. The maximum absolute atomic E-state index is 5.68. The van der Waals surface area contributed by atoms with Crippen LogP contribution in [0.15, 0.2) is 24.3 Å². The fourth-order valence-corrected chi connectivity index (χ4v) is 2.09. The normalized spacial score (nSPS) is 18.9. The van der Waals surface area contributed by atoms with Gasteiger partial charge in [0.15, 0.2) is 0 Å². The average molecular weight is 293 g/mol. The lowest BCUT2D eigenvalue weighted by atomic mass is 10.1. The van der Waals surface area contributed by atoms with E-state index in [0.29, 0.717) is 13.2 Å². The Kier molecular flexibility index (Phi) is 6.03. The summed E-state index contributed by atoms with van der Waals surface area (Å²) >= 11 is 0. The Bertz CT molecular complexity index is 405. The van der Waals surface area contributed by atoms with Crippen molar-refractivity contribution in [2.45, 2.75) is 45.4 Å². The van der Waals surface area contributed by atoms with Crippen molar-refractivity contribution < 1.29 is 14.2 Å². The smallest absolute Gasteiger partial charge is 0.119 e. The van der Waals surface area contributed by atoms with E-state index in [9.17, 15) is 0 Å². The number of hydrogen-bond donors (Lipinski definition) is 1. The highest BCUT2D eigenvalue weighted by Crippen LogP contribution is 2.13. The van der Waals surface area contributed by atoms with Gasteiger partial charge in [-0.3, -0.25) is 0 Å². The van der Waals surface area contributed by atoms with Gasteiger partial charge in [0.25, 0.3) is 0 Å². The molecule has 1 aliphatic rings. The van der Waals surface area contributed by atoms with Crippen molar-refractivity contribution in [2.75, 3.05) is 26.4 Å². The molecule has 0 amide bonds. The minimum atomic E-state index is 0.135. The van der Waals surface area contributed by atoms with Crippen molar-refractivity contribution in [3.8, 4) is 5.75 Å². The van der Waals surface area contributed by atoms with Gasteiger partial charge in [-0.15, -0.1) is 0 Å². The predicted octanol–water partition coefficient (Wildman–Crippen LogP) is 2.76. The SMILES string of the molecule is CC(C)(C)NCc1ccc(OCCOC2CCOC2)cc1. The fourth-order valence-electron chi connectivity index (χ4n) is 2.09. The van der Waals surface area contributed by atoms with E-state index in [4.69, 9.17) is 14.2 Å². The summed E-state index contributed by atoms with van der Waals surface area (Å²) in [4.78, 5) is 0. The molecule has 0 aliphatic carbocycles. The molecule has 21 heavy (non-hydrogen) atoms. The van der Waals surface area contributed by atoms with Crippen LogP contribution >= 0.6 is 0 Å². The maximum atomic E-state index is 5.68. The van der Waals surface area contributed by atoms with Crippen LogP contribution in [0.5, 0.6) is 5.75 Å². The highest BCUT2D eigenvalue weighted by molar-refractivity contribution is 5.27. The number of benzene rings is 1. The Morgan fingerprint density at radius 2 is 1.95 bits per heavy atom. The van der Waals surface area contributed by atoms with E-state index in [1.54, 1.807) is 0 Å². The van der Waals surface area contributed by atoms with Crippen LogP contribution < -0.4 is 10.1 Å². The van der Waals surface area contributed by atoms with Gasteiger partial charge in [0.2, 0.25) is 0 Å². The quantitative estimate of drug-likeness (QED) is 0.785. The molecule has 1 unspecified atom stereocenters. The molecule has 0 bridgehead atoms. The third-order valence-corrected chi connectivity index (χ3v) is 3.34. The molecule has 0 saturated carbocycles. The van der Waals surface area contributed by atoms with Crippen molar-refractivity contribution in [1.82, 2.24) is 5.32 Å². The summed E-state index contributed by atoms with van der Waals surface area (Å²) < 4.78 is 16.6. The number of rotatable bonds is 7. The van der Waals surface area contributed by atoms with Gasteiger partial charge in [0, 0.05) is 18.7 Å². The van der Waals surface area contributed by atoms with Gasteiger partial charge in [0.05, 0.1) is 19.3 Å². The summed E-state index contributed by atoms with van der Waals surface area (Å²) in [7, 11) is 0. The highest BCUT2D eigenvalue weighted by atomic mass is 16.6. The lowest BCUT2D eigenvalue weighted by molar-refractivity contribution is 0.0265. The molecule has 1 atom stereocenters. The van der Waals surface area contributed by atoms with Crippen LogP contribution in [-0.4, -0.2) is 38.1 Å². The molecule has 118 valence electrons. The molecule has 0 radical (unpaired) electrons. The van der Waals surface area contributed by atoms with Crippen LogP contribution in [0.2, 0.25) is 0 Å². The van der Waals surface area contributed by atoms with E-state index in [1.165, 1.54) is 5.56 Å². The van der Waals surface area contributed by atoms with Gasteiger partial charge in [-0.2, -0.15) is 0 Å². The van der Waals surface area contributed by atoms with Crippen LogP contribution in [0.25, 0.3) is 0 Å². The molecule has 1 saturated heterocycles. The average Bonchev–Trinajstić information content (AvgIpc) is 2.95. The van der Waals surface area contributed by atoms with Crippen molar-refractivity contribution >= 4 is 0 Å². The lowest BCUT2D eigenvalue weighted by Gasteiger charge is -2.20. The third-order valence-electron chi connectivity index (χ3n) is 3.34. The van der Waals surface area contributed by atoms with E-state index in [2.05, 4.69) is 38.2 Å². The number of ether oxygens (including phenoxy) is 3. The summed E-state index contributed by atoms with van der Waals surface area (Å²) in [5, 5.41) is 3.47. The Balaban J connectivity index is 1.64. The first-order chi connectivity index (χ1) is 10.0. The Labute approximate surface area is 127 Å². The molecule has 0 aromatic heterocycles. The second-order valence-corrected chi connectivity index (χ2v) is 6.45. The zero-order valence-corrected chi connectivity index (χ0v) is 13.4. The minimum Gasteiger partial charge on any atom is -0.491 e. The minimum absolute atomic E-state index is 0.135. The molecular weight excluding hydrogens is 266 g/mol. The first-order valence-corrected chi connectivity index (χ1v) is 7.69. The number of hydrogen-bond acceptors (Lipinski definition) is 4. The predicted molar refractivity (Wildman–Crippen MR) is 83.7 cm³/mol. The summed E-state index contributed by atoms with van der Waals surface area (Å²) in [6, 6.07) is 8.22. The maximum Gasteiger partial charge on any atom is 0.119 e. The van der Waals surface area contributed by atoms with Gasteiger partial charge in [-0.1, -0.05) is 12.1 Å². The van der Waals surface area contributed by atoms with Crippen molar-refractivity contribution in [1.29, 1.82) is 0 Å². The van der Waals surface area contributed by atoms with E-state index in [0.717, 1.165) is 31.9 Å². The standard InChI is InChI=1S/C17H27NO3/c1-17(2,3)18-12-14-4-6-15(7-5-14)20-10-11-21-16-8-9-19-13-16/h4-7,16,18H,8-13H2,1-3H3. The summed E-state index contributed by atoms with van der Waals surface area (Å²) in [6.07, 6.45) is 1.24.